The van der Waals surface area contributed by atoms with Crippen LogP contribution < -0.4 is 10.2 Å². The summed E-state index contributed by atoms with van der Waals surface area (Å²) in [6.45, 7) is 4.60. The Balaban J connectivity index is 1.62. The summed E-state index contributed by atoms with van der Waals surface area (Å²) < 4.78 is 0. The van der Waals surface area contributed by atoms with Crippen molar-refractivity contribution in [1.82, 2.24) is 15.5 Å². The SMILES string of the molecule is Clc1cc(N2CCC3(CCNC3)CC2)c2cn[nH]c2c1. The lowest BCUT2D eigenvalue weighted by molar-refractivity contribution is 0.248. The lowest BCUT2D eigenvalue weighted by Gasteiger charge is -2.40. The minimum atomic E-state index is 0.546. The molecule has 106 valence electrons. The van der Waals surface area contributed by atoms with Crippen molar-refractivity contribution < 1.29 is 0 Å². The first-order valence-electron chi connectivity index (χ1n) is 7.34. The van der Waals surface area contributed by atoms with Crippen LogP contribution in [-0.2, 0) is 0 Å². The van der Waals surface area contributed by atoms with Crippen molar-refractivity contribution in [1.29, 1.82) is 0 Å². The molecule has 2 aliphatic rings. The van der Waals surface area contributed by atoms with Crippen LogP contribution in [0.1, 0.15) is 19.3 Å². The van der Waals surface area contributed by atoms with E-state index in [-0.39, 0.29) is 0 Å². The molecule has 2 aliphatic heterocycles. The number of hydrogen-bond acceptors (Lipinski definition) is 3. The number of H-pyrrole nitrogens is 1. The molecule has 2 saturated heterocycles. The van der Waals surface area contributed by atoms with E-state index in [2.05, 4.69) is 26.5 Å². The van der Waals surface area contributed by atoms with Gasteiger partial charge in [0, 0.05) is 35.7 Å². The van der Waals surface area contributed by atoms with Crippen LogP contribution >= 0.6 is 11.6 Å². The van der Waals surface area contributed by atoms with Crippen LogP contribution in [0, 0.1) is 5.41 Å². The molecule has 0 radical (unpaired) electrons. The maximum atomic E-state index is 6.24. The first-order chi connectivity index (χ1) is 9.76. The van der Waals surface area contributed by atoms with E-state index in [1.165, 1.54) is 43.4 Å². The largest absolute Gasteiger partial charge is 0.371 e. The molecule has 0 amide bonds. The van der Waals surface area contributed by atoms with E-state index in [0.29, 0.717) is 5.41 Å². The maximum Gasteiger partial charge on any atom is 0.0686 e. The second-order valence-corrected chi connectivity index (χ2v) is 6.61. The third kappa shape index (κ3) is 1.98. The van der Waals surface area contributed by atoms with Crippen molar-refractivity contribution >= 4 is 28.2 Å². The summed E-state index contributed by atoms with van der Waals surface area (Å²) in [6.07, 6.45) is 5.78. The molecule has 3 heterocycles. The molecule has 0 aliphatic carbocycles. The zero-order valence-corrected chi connectivity index (χ0v) is 12.2. The van der Waals surface area contributed by atoms with Gasteiger partial charge in [-0.2, -0.15) is 5.10 Å². The monoisotopic (exact) mass is 290 g/mol. The number of aromatic amines is 1. The molecule has 1 spiro atoms. The number of benzene rings is 1. The highest BCUT2D eigenvalue weighted by atomic mass is 35.5. The molecular formula is C15H19ClN4. The molecule has 0 bridgehead atoms. The number of hydrogen-bond donors (Lipinski definition) is 2. The Morgan fingerprint density at radius 1 is 1.20 bits per heavy atom. The van der Waals surface area contributed by atoms with Crippen molar-refractivity contribution in [3.8, 4) is 0 Å². The number of halogens is 1. The van der Waals surface area contributed by atoms with Gasteiger partial charge in [0.1, 0.15) is 0 Å². The molecule has 2 fully saturated rings. The summed E-state index contributed by atoms with van der Waals surface area (Å²) >= 11 is 6.24. The average molecular weight is 291 g/mol. The van der Waals surface area contributed by atoms with Crippen LogP contribution in [0.25, 0.3) is 10.9 Å². The van der Waals surface area contributed by atoms with Gasteiger partial charge in [-0.1, -0.05) is 11.6 Å². The van der Waals surface area contributed by atoms with E-state index < -0.39 is 0 Å². The van der Waals surface area contributed by atoms with Gasteiger partial charge in [-0.25, -0.2) is 0 Å². The second kappa shape index (κ2) is 4.64. The van der Waals surface area contributed by atoms with Crippen molar-refractivity contribution in [2.75, 3.05) is 31.1 Å². The maximum absolute atomic E-state index is 6.24. The van der Waals surface area contributed by atoms with Crippen LogP contribution in [0.5, 0.6) is 0 Å². The van der Waals surface area contributed by atoms with Gasteiger partial charge in [0.25, 0.3) is 0 Å². The van der Waals surface area contributed by atoms with Gasteiger partial charge in [-0.15, -0.1) is 0 Å². The highest BCUT2D eigenvalue weighted by molar-refractivity contribution is 6.31. The third-order valence-corrected chi connectivity index (χ3v) is 5.22. The Labute approximate surface area is 123 Å². The molecule has 5 heteroatoms. The molecule has 1 aromatic heterocycles. The Morgan fingerprint density at radius 3 is 2.80 bits per heavy atom. The Kier molecular flexibility index (Phi) is 2.89. The highest BCUT2D eigenvalue weighted by Crippen LogP contribution is 2.40. The molecule has 1 aromatic carbocycles. The van der Waals surface area contributed by atoms with E-state index in [9.17, 15) is 0 Å². The van der Waals surface area contributed by atoms with Crippen LogP contribution in [-0.4, -0.2) is 36.4 Å². The minimum absolute atomic E-state index is 0.546. The number of nitrogens with zero attached hydrogens (tertiary/aromatic N) is 2. The fraction of sp³-hybridized carbons (Fsp3) is 0.533. The molecular weight excluding hydrogens is 272 g/mol. The van der Waals surface area contributed by atoms with E-state index in [1.807, 2.05) is 12.3 Å². The van der Waals surface area contributed by atoms with Crippen molar-refractivity contribution in [3.63, 3.8) is 0 Å². The van der Waals surface area contributed by atoms with Crippen LogP contribution in [0.2, 0.25) is 5.02 Å². The van der Waals surface area contributed by atoms with Gasteiger partial charge in [-0.05, 0) is 43.4 Å². The summed E-state index contributed by atoms with van der Waals surface area (Å²) in [5.74, 6) is 0. The van der Waals surface area contributed by atoms with Crippen molar-refractivity contribution in [3.05, 3.63) is 23.4 Å². The lowest BCUT2D eigenvalue weighted by Crippen LogP contribution is -2.41. The quantitative estimate of drug-likeness (QED) is 0.849. The van der Waals surface area contributed by atoms with E-state index in [4.69, 9.17) is 11.6 Å². The number of nitrogens with one attached hydrogen (secondary N) is 2. The van der Waals surface area contributed by atoms with Gasteiger partial charge in [-0.3, -0.25) is 5.10 Å². The molecule has 0 unspecified atom stereocenters. The molecule has 4 rings (SSSR count). The van der Waals surface area contributed by atoms with Gasteiger partial charge < -0.3 is 10.2 Å². The van der Waals surface area contributed by atoms with Gasteiger partial charge in [0.2, 0.25) is 0 Å². The lowest BCUT2D eigenvalue weighted by atomic mass is 9.77. The number of aromatic nitrogens is 2. The average Bonchev–Trinajstić information content (AvgIpc) is 3.08. The van der Waals surface area contributed by atoms with E-state index >= 15 is 0 Å². The van der Waals surface area contributed by atoms with Gasteiger partial charge in [0.15, 0.2) is 0 Å². The van der Waals surface area contributed by atoms with Gasteiger partial charge in [0.05, 0.1) is 11.7 Å². The predicted octanol–water partition coefficient (Wildman–Crippen LogP) is 2.80. The van der Waals surface area contributed by atoms with Gasteiger partial charge >= 0.3 is 0 Å². The molecule has 20 heavy (non-hydrogen) atoms. The van der Waals surface area contributed by atoms with E-state index in [0.717, 1.165) is 23.6 Å². The highest BCUT2D eigenvalue weighted by Gasteiger charge is 2.37. The van der Waals surface area contributed by atoms with E-state index in [1.54, 1.807) is 0 Å². The smallest absolute Gasteiger partial charge is 0.0686 e. The molecule has 0 saturated carbocycles. The number of anilines is 1. The molecule has 0 atom stereocenters. The van der Waals surface area contributed by atoms with Crippen molar-refractivity contribution in [2.45, 2.75) is 19.3 Å². The predicted molar refractivity (Wildman–Crippen MR) is 82.5 cm³/mol. The fourth-order valence-electron chi connectivity index (χ4n) is 3.70. The standard InChI is InChI=1S/C15H19ClN4/c16-11-7-13-12(9-18-19-13)14(8-11)20-5-2-15(3-6-20)1-4-17-10-15/h7-9,17H,1-6,10H2,(H,18,19). The fourth-order valence-corrected chi connectivity index (χ4v) is 3.92. The molecule has 2 aromatic rings. The first-order valence-corrected chi connectivity index (χ1v) is 7.72. The minimum Gasteiger partial charge on any atom is -0.371 e. The summed E-state index contributed by atoms with van der Waals surface area (Å²) in [6, 6.07) is 4.02. The third-order valence-electron chi connectivity index (χ3n) is 5.00. The Morgan fingerprint density at radius 2 is 2.05 bits per heavy atom. The topological polar surface area (TPSA) is 44.0 Å². The number of piperidine rings is 1. The summed E-state index contributed by atoms with van der Waals surface area (Å²) in [7, 11) is 0. The van der Waals surface area contributed by atoms with Crippen molar-refractivity contribution in [2.24, 2.45) is 5.41 Å². The number of rotatable bonds is 1. The van der Waals surface area contributed by atoms with Crippen LogP contribution in [0.3, 0.4) is 0 Å². The Hall–Kier alpha value is -1.26. The normalized spacial score (nSPS) is 21.9. The zero-order valence-electron chi connectivity index (χ0n) is 11.5. The number of fused-ring (bicyclic) bond motifs is 1. The van der Waals surface area contributed by atoms with Crippen LogP contribution in [0.4, 0.5) is 5.69 Å². The summed E-state index contributed by atoms with van der Waals surface area (Å²) in [5, 5.41) is 12.6. The summed E-state index contributed by atoms with van der Waals surface area (Å²) in [5.41, 5.74) is 2.79. The second-order valence-electron chi connectivity index (χ2n) is 6.17. The molecule has 4 nitrogen and oxygen atoms in total. The zero-order chi connectivity index (χ0) is 13.6. The Bertz CT molecular complexity index is 620. The molecule has 2 N–H and O–H groups in total. The first kappa shape index (κ1) is 12.5. The van der Waals surface area contributed by atoms with Crippen LogP contribution in [0.15, 0.2) is 18.3 Å². The summed E-state index contributed by atoms with van der Waals surface area (Å²) in [4.78, 5) is 2.47.